The van der Waals surface area contributed by atoms with Gasteiger partial charge >= 0.3 is 12.4 Å². The van der Waals surface area contributed by atoms with Crippen molar-refractivity contribution in [2.45, 2.75) is 98.8 Å². The molecule has 1 N–H and O–H groups in total. The Balaban J connectivity index is 0.000000464. The number of aromatic nitrogens is 2. The Morgan fingerprint density at radius 2 is 1.57 bits per heavy atom. The fourth-order valence-corrected chi connectivity index (χ4v) is 8.37. The molecule has 2 aromatic carbocycles. The maximum absolute atomic E-state index is 13.5. The SMILES string of the molecule is CC(C)C/C(O)=C/C(=O)C(F)(F)F.CC(C)c1c(-c2cnc(CC(C)(C)C(F)(F)F)s2)sc2c(-c3[c-]c4ccccc4c(C(C)(C)C)c3)nccc12.[Ir]. The maximum atomic E-state index is 13.5. The molecule has 0 aliphatic heterocycles. The second-order valence-corrected chi connectivity index (χ2v) is 17.3. The van der Waals surface area contributed by atoms with Gasteiger partial charge in [-0.15, -0.1) is 51.8 Å². The molecule has 53 heavy (non-hydrogen) atoms. The van der Waals surface area contributed by atoms with E-state index in [0.29, 0.717) is 5.01 Å². The standard InChI is InChI=1S/C32H32F3N2S2.C8H11F3O2.Ir/c1-18(2)26-22-12-13-36-27(20-14-19-10-8-9-11-21(19)23(15-20)30(3,4)5)28(22)39-29(26)24-17-37-25(38-24)16-31(6,7)32(33,34)35;1-5(2)3-6(12)4-7(13)8(9,10)11;/h8-13,15,17-18H,16H2,1-7H3;4-5,12H,3H2,1-2H3;/q-1;;/b;6-4-;. The van der Waals surface area contributed by atoms with E-state index in [4.69, 9.17) is 10.1 Å². The van der Waals surface area contributed by atoms with Crippen LogP contribution in [-0.2, 0) is 36.7 Å². The molecule has 3 heterocycles. The summed E-state index contributed by atoms with van der Waals surface area (Å²) in [5.74, 6) is -2.33. The molecule has 0 atom stereocenters. The van der Waals surface area contributed by atoms with E-state index >= 15 is 0 Å². The Labute approximate surface area is 328 Å². The first-order valence-electron chi connectivity index (χ1n) is 16.8. The number of fused-ring (bicyclic) bond motifs is 2. The van der Waals surface area contributed by atoms with Crippen LogP contribution in [0, 0.1) is 17.4 Å². The van der Waals surface area contributed by atoms with E-state index in [1.54, 1.807) is 31.4 Å². The number of nitrogens with zero attached hydrogens (tertiary/aromatic N) is 2. The Hall–Kier alpha value is -3.12. The molecule has 289 valence electrons. The van der Waals surface area contributed by atoms with E-state index < -0.39 is 29.3 Å². The monoisotopic (exact) mass is 954 g/mol. The van der Waals surface area contributed by atoms with Crippen LogP contribution in [0.4, 0.5) is 26.3 Å². The number of ketones is 1. The molecule has 0 spiro atoms. The first-order chi connectivity index (χ1) is 23.9. The Morgan fingerprint density at radius 1 is 0.925 bits per heavy atom. The molecule has 0 aliphatic rings. The number of benzene rings is 2. The number of alkyl halides is 6. The van der Waals surface area contributed by atoms with Crippen molar-refractivity contribution in [2.24, 2.45) is 11.3 Å². The van der Waals surface area contributed by atoms with E-state index in [1.807, 2.05) is 12.3 Å². The van der Waals surface area contributed by atoms with E-state index in [9.17, 15) is 31.1 Å². The molecule has 5 aromatic rings. The van der Waals surface area contributed by atoms with E-state index in [0.717, 1.165) is 36.5 Å². The summed E-state index contributed by atoms with van der Waals surface area (Å²) >= 11 is 3.00. The smallest absolute Gasteiger partial charge is 0.454 e. The minimum absolute atomic E-state index is 0. The summed E-state index contributed by atoms with van der Waals surface area (Å²) in [6.07, 6.45) is -5.45. The van der Waals surface area contributed by atoms with E-state index in [2.05, 4.69) is 76.0 Å². The zero-order valence-corrected chi connectivity index (χ0v) is 35.0. The van der Waals surface area contributed by atoms with Crippen molar-refractivity contribution in [2.75, 3.05) is 0 Å². The zero-order valence-electron chi connectivity index (χ0n) is 30.9. The number of hydrogen-bond acceptors (Lipinski definition) is 6. The molecule has 0 unspecified atom stereocenters. The predicted molar refractivity (Wildman–Crippen MR) is 200 cm³/mol. The Kier molecular flexibility index (Phi) is 14.0. The van der Waals surface area contributed by atoms with Crippen molar-refractivity contribution in [1.82, 2.24) is 9.97 Å². The molecule has 0 aliphatic carbocycles. The molecule has 1 radical (unpaired) electrons. The first kappa shape index (κ1) is 44.3. The van der Waals surface area contributed by atoms with Gasteiger partial charge in [-0.05, 0) is 34.3 Å². The number of carbonyl (C=O) groups excluding carboxylic acids is 1. The number of halogens is 6. The van der Waals surface area contributed by atoms with Gasteiger partial charge < -0.3 is 5.11 Å². The Morgan fingerprint density at radius 3 is 2.13 bits per heavy atom. The summed E-state index contributed by atoms with van der Waals surface area (Å²) < 4.78 is 76.6. The van der Waals surface area contributed by atoms with Crippen LogP contribution in [0.1, 0.15) is 90.8 Å². The van der Waals surface area contributed by atoms with Crippen LogP contribution in [-0.4, -0.2) is 33.2 Å². The Bertz CT molecular complexity index is 2090. The summed E-state index contributed by atoms with van der Waals surface area (Å²) in [6.45, 7) is 16.9. The summed E-state index contributed by atoms with van der Waals surface area (Å²) in [4.78, 5) is 21.5. The number of aliphatic hydroxyl groups excluding tert-OH is 1. The van der Waals surface area contributed by atoms with Crippen molar-refractivity contribution in [3.63, 3.8) is 0 Å². The van der Waals surface area contributed by atoms with Crippen LogP contribution in [0.5, 0.6) is 0 Å². The molecule has 0 saturated carbocycles. The van der Waals surface area contributed by atoms with Gasteiger partial charge in [0.1, 0.15) is 0 Å². The number of allylic oxidation sites excluding steroid dienone is 2. The van der Waals surface area contributed by atoms with Gasteiger partial charge in [-0.1, -0.05) is 91.5 Å². The van der Waals surface area contributed by atoms with Crippen LogP contribution in [0.2, 0.25) is 0 Å². The number of thiazole rings is 1. The van der Waals surface area contributed by atoms with Crippen molar-refractivity contribution in [3.05, 3.63) is 82.8 Å². The average molecular weight is 954 g/mol. The normalized spacial score (nSPS) is 13.0. The van der Waals surface area contributed by atoms with Gasteiger partial charge in [-0.3, -0.25) is 9.78 Å². The number of thiophene rings is 1. The van der Waals surface area contributed by atoms with Gasteiger partial charge in [0.05, 0.1) is 21.1 Å². The molecule has 3 aromatic heterocycles. The third-order valence-electron chi connectivity index (χ3n) is 8.39. The van der Waals surface area contributed by atoms with Crippen molar-refractivity contribution in [1.29, 1.82) is 0 Å². The van der Waals surface area contributed by atoms with Gasteiger partial charge in [0.2, 0.25) is 0 Å². The second kappa shape index (κ2) is 16.7. The molecule has 0 bridgehead atoms. The number of carbonyl (C=O) groups is 1. The topological polar surface area (TPSA) is 63.1 Å². The van der Waals surface area contributed by atoms with E-state index in [-0.39, 0.29) is 56.3 Å². The molecule has 13 heteroatoms. The summed E-state index contributed by atoms with van der Waals surface area (Å²) in [7, 11) is 0. The summed E-state index contributed by atoms with van der Waals surface area (Å²) in [5.41, 5.74) is 2.35. The molecule has 0 saturated heterocycles. The number of aliphatic hydroxyl groups is 1. The van der Waals surface area contributed by atoms with E-state index in [1.165, 1.54) is 41.7 Å². The molecule has 4 nitrogen and oxygen atoms in total. The van der Waals surface area contributed by atoms with Crippen LogP contribution in [0.3, 0.4) is 0 Å². The second-order valence-electron chi connectivity index (χ2n) is 15.2. The molecular weight excluding hydrogens is 911 g/mol. The van der Waals surface area contributed by atoms with Crippen LogP contribution in [0.15, 0.2) is 60.6 Å². The third-order valence-corrected chi connectivity index (χ3v) is 10.8. The van der Waals surface area contributed by atoms with Crippen molar-refractivity contribution >= 4 is 49.3 Å². The van der Waals surface area contributed by atoms with Gasteiger partial charge in [-0.25, -0.2) is 4.98 Å². The predicted octanol–water partition coefficient (Wildman–Crippen LogP) is 13.2. The molecular formula is C40H43F6IrN2O2S2-. The van der Waals surface area contributed by atoms with Gasteiger partial charge in [0, 0.05) is 66.7 Å². The quantitative estimate of drug-likeness (QED) is 0.0728. The zero-order chi connectivity index (χ0) is 39.0. The maximum Gasteiger partial charge on any atom is 0.454 e. The van der Waals surface area contributed by atoms with Crippen LogP contribution < -0.4 is 0 Å². The fourth-order valence-electron chi connectivity index (χ4n) is 5.65. The van der Waals surface area contributed by atoms with Gasteiger partial charge in [-0.2, -0.15) is 26.3 Å². The summed E-state index contributed by atoms with van der Waals surface area (Å²) in [6, 6.07) is 16.2. The van der Waals surface area contributed by atoms with Gasteiger partial charge in [0.15, 0.2) is 0 Å². The van der Waals surface area contributed by atoms with Crippen LogP contribution >= 0.6 is 22.7 Å². The third kappa shape index (κ3) is 10.6. The minimum Gasteiger partial charge on any atom is -0.512 e. The molecule has 0 fully saturated rings. The number of pyridine rings is 1. The first-order valence-corrected chi connectivity index (χ1v) is 18.4. The van der Waals surface area contributed by atoms with Crippen LogP contribution in [0.25, 0.3) is 41.9 Å². The number of hydrogen-bond donors (Lipinski definition) is 1. The summed E-state index contributed by atoms with van der Waals surface area (Å²) in [5, 5.41) is 12.8. The van der Waals surface area contributed by atoms with Gasteiger partial charge in [0.25, 0.3) is 5.78 Å². The van der Waals surface area contributed by atoms with Crippen molar-refractivity contribution < 1.29 is 56.3 Å². The average Bonchev–Trinajstić information content (AvgIpc) is 3.63. The largest absolute Gasteiger partial charge is 0.512 e. The fraction of sp³-hybridized carbons (Fsp3) is 0.425. The minimum atomic E-state index is -4.90. The number of rotatable bonds is 8. The molecule has 0 amide bonds. The molecule has 5 rings (SSSR count). The van der Waals surface area contributed by atoms with Crippen molar-refractivity contribution in [3.8, 4) is 21.0 Å².